The molecule has 0 atom stereocenters. The molecule has 0 heterocycles. The Bertz CT molecular complexity index is 665. The first kappa shape index (κ1) is 15.1. The van der Waals surface area contributed by atoms with Gasteiger partial charge in [-0.05, 0) is 29.8 Å². The Hall–Kier alpha value is -1.30. The minimum Gasteiger partial charge on any atom is -0.380 e. The molecule has 1 N–H and O–H groups in total. The molecule has 0 saturated heterocycles. The van der Waals surface area contributed by atoms with E-state index >= 15 is 0 Å². The fourth-order valence-electron chi connectivity index (χ4n) is 1.62. The molecule has 104 valence electrons. The van der Waals surface area contributed by atoms with Crippen LogP contribution in [0.3, 0.4) is 0 Å². The Morgan fingerprint density at radius 1 is 1.15 bits per heavy atom. The number of rotatable bonds is 4. The molecule has 4 nitrogen and oxygen atoms in total. The molecule has 0 radical (unpaired) electrons. The molecule has 0 aromatic heterocycles. The quantitative estimate of drug-likeness (QED) is 0.584. The summed E-state index contributed by atoms with van der Waals surface area (Å²) in [6, 6.07) is 9.87. The van der Waals surface area contributed by atoms with Crippen LogP contribution in [0.15, 0.2) is 40.9 Å². The van der Waals surface area contributed by atoms with Gasteiger partial charge in [-0.25, -0.2) is 0 Å². The third-order valence-electron chi connectivity index (χ3n) is 2.65. The Labute approximate surface area is 134 Å². The van der Waals surface area contributed by atoms with Crippen molar-refractivity contribution in [3.05, 3.63) is 66.6 Å². The van der Waals surface area contributed by atoms with Crippen molar-refractivity contribution in [2.45, 2.75) is 6.54 Å². The zero-order valence-electron chi connectivity index (χ0n) is 10.1. The largest absolute Gasteiger partial charge is 0.380 e. The Morgan fingerprint density at radius 2 is 1.90 bits per heavy atom. The summed E-state index contributed by atoms with van der Waals surface area (Å²) in [5, 5.41) is 14.7. The van der Waals surface area contributed by atoms with Crippen LogP contribution in [0.5, 0.6) is 0 Å². The maximum absolute atomic E-state index is 10.6. The molecule has 7 heteroatoms. The molecule has 2 aromatic rings. The fourth-order valence-corrected chi connectivity index (χ4v) is 2.60. The SMILES string of the molecule is O=[N+]([O-])c1ccc(CNc2ccc(Br)cc2Cl)c(Cl)c1. The molecule has 0 amide bonds. The molecule has 0 spiro atoms. The molecule has 0 unspecified atom stereocenters. The second-order valence-electron chi connectivity index (χ2n) is 4.01. The summed E-state index contributed by atoms with van der Waals surface area (Å²) >= 11 is 15.4. The number of nitrogens with one attached hydrogen (secondary N) is 1. The minimum absolute atomic E-state index is 0.0274. The van der Waals surface area contributed by atoms with Gasteiger partial charge in [0.25, 0.3) is 5.69 Å². The maximum atomic E-state index is 10.6. The van der Waals surface area contributed by atoms with E-state index in [0.29, 0.717) is 16.6 Å². The summed E-state index contributed by atoms with van der Waals surface area (Å²) in [6.45, 7) is 0.429. The molecule has 0 fully saturated rings. The molecule has 2 rings (SSSR count). The van der Waals surface area contributed by atoms with Gasteiger partial charge in [0.05, 0.1) is 20.7 Å². The van der Waals surface area contributed by atoms with Gasteiger partial charge in [0.15, 0.2) is 0 Å². The number of non-ortho nitro benzene ring substituents is 1. The zero-order valence-corrected chi connectivity index (χ0v) is 13.2. The van der Waals surface area contributed by atoms with Crippen LogP contribution in [0.25, 0.3) is 0 Å². The number of nitro benzene ring substituents is 1. The monoisotopic (exact) mass is 374 g/mol. The average molecular weight is 376 g/mol. The lowest BCUT2D eigenvalue weighted by atomic mass is 10.2. The summed E-state index contributed by atoms with van der Waals surface area (Å²) in [5.74, 6) is 0. The van der Waals surface area contributed by atoms with Gasteiger partial charge in [-0.2, -0.15) is 0 Å². The second kappa shape index (κ2) is 6.43. The lowest BCUT2D eigenvalue weighted by molar-refractivity contribution is -0.384. The van der Waals surface area contributed by atoms with Gasteiger partial charge in [-0.1, -0.05) is 39.1 Å². The van der Waals surface area contributed by atoms with Crippen LogP contribution in [0.4, 0.5) is 11.4 Å². The highest BCUT2D eigenvalue weighted by Gasteiger charge is 2.09. The summed E-state index contributed by atoms with van der Waals surface area (Å²) in [4.78, 5) is 10.2. The first-order valence-corrected chi connectivity index (χ1v) is 7.14. The van der Waals surface area contributed by atoms with E-state index in [1.54, 1.807) is 12.1 Å². The first-order valence-electron chi connectivity index (χ1n) is 5.59. The number of nitrogens with zero attached hydrogens (tertiary/aromatic N) is 1. The van der Waals surface area contributed by atoms with Crippen LogP contribution in [-0.4, -0.2) is 4.92 Å². The van der Waals surface area contributed by atoms with Crippen molar-refractivity contribution in [2.24, 2.45) is 0 Å². The molecule has 2 aromatic carbocycles. The third-order valence-corrected chi connectivity index (χ3v) is 3.81. The number of hydrogen-bond donors (Lipinski definition) is 1. The van der Waals surface area contributed by atoms with Gasteiger partial charge in [0.1, 0.15) is 0 Å². The molecular formula is C13H9BrCl2N2O2. The standard InChI is InChI=1S/C13H9BrCl2N2O2/c14-9-2-4-13(12(16)5-9)17-7-8-1-3-10(18(19)20)6-11(8)15/h1-6,17H,7H2. The number of hydrogen-bond acceptors (Lipinski definition) is 3. The van der Waals surface area contributed by atoms with E-state index in [0.717, 1.165) is 15.7 Å². The molecule has 0 aliphatic heterocycles. The van der Waals surface area contributed by atoms with E-state index in [-0.39, 0.29) is 5.69 Å². The summed E-state index contributed by atoms with van der Waals surface area (Å²) in [5.41, 5.74) is 1.50. The highest BCUT2D eigenvalue weighted by Crippen LogP contribution is 2.27. The zero-order chi connectivity index (χ0) is 14.7. The Balaban J connectivity index is 2.13. The van der Waals surface area contributed by atoms with E-state index in [1.807, 2.05) is 12.1 Å². The molecule has 0 aliphatic rings. The van der Waals surface area contributed by atoms with Crippen molar-refractivity contribution < 1.29 is 4.92 Å². The van der Waals surface area contributed by atoms with Crippen LogP contribution in [0.1, 0.15) is 5.56 Å². The van der Waals surface area contributed by atoms with Gasteiger partial charge in [-0.3, -0.25) is 10.1 Å². The van der Waals surface area contributed by atoms with Crippen LogP contribution in [0.2, 0.25) is 10.0 Å². The molecule has 0 aliphatic carbocycles. The van der Waals surface area contributed by atoms with E-state index in [1.165, 1.54) is 12.1 Å². The van der Waals surface area contributed by atoms with Crippen LogP contribution >= 0.6 is 39.1 Å². The molecular weight excluding hydrogens is 367 g/mol. The summed E-state index contributed by atoms with van der Waals surface area (Å²) in [6.07, 6.45) is 0. The molecule has 0 bridgehead atoms. The van der Waals surface area contributed by atoms with Crippen LogP contribution in [-0.2, 0) is 6.54 Å². The average Bonchev–Trinajstić information content (AvgIpc) is 2.38. The normalized spacial score (nSPS) is 10.3. The Morgan fingerprint density at radius 3 is 2.50 bits per heavy atom. The van der Waals surface area contributed by atoms with Crippen molar-refractivity contribution in [3.63, 3.8) is 0 Å². The topological polar surface area (TPSA) is 55.2 Å². The van der Waals surface area contributed by atoms with Crippen molar-refractivity contribution in [3.8, 4) is 0 Å². The van der Waals surface area contributed by atoms with E-state index in [9.17, 15) is 10.1 Å². The van der Waals surface area contributed by atoms with Crippen LogP contribution < -0.4 is 5.32 Å². The lowest BCUT2D eigenvalue weighted by Crippen LogP contribution is -2.01. The predicted octanol–water partition coefficient (Wildman–Crippen LogP) is 5.28. The maximum Gasteiger partial charge on any atom is 0.270 e. The van der Waals surface area contributed by atoms with E-state index < -0.39 is 4.92 Å². The van der Waals surface area contributed by atoms with Crippen LogP contribution in [0, 0.1) is 10.1 Å². The fraction of sp³-hybridized carbons (Fsp3) is 0.0769. The number of nitro groups is 1. The number of benzene rings is 2. The van der Waals surface area contributed by atoms with E-state index in [2.05, 4.69) is 21.2 Å². The number of halogens is 3. The second-order valence-corrected chi connectivity index (χ2v) is 5.74. The van der Waals surface area contributed by atoms with Gasteiger partial charge in [0.2, 0.25) is 0 Å². The highest BCUT2D eigenvalue weighted by molar-refractivity contribution is 9.10. The smallest absolute Gasteiger partial charge is 0.270 e. The summed E-state index contributed by atoms with van der Waals surface area (Å²) < 4.78 is 0.890. The third kappa shape index (κ3) is 3.62. The molecule has 20 heavy (non-hydrogen) atoms. The summed E-state index contributed by atoms with van der Waals surface area (Å²) in [7, 11) is 0. The van der Waals surface area contributed by atoms with E-state index in [4.69, 9.17) is 23.2 Å². The van der Waals surface area contributed by atoms with Gasteiger partial charge in [-0.15, -0.1) is 0 Å². The van der Waals surface area contributed by atoms with Crippen molar-refractivity contribution in [2.75, 3.05) is 5.32 Å². The minimum atomic E-state index is -0.478. The lowest BCUT2D eigenvalue weighted by Gasteiger charge is -2.10. The van der Waals surface area contributed by atoms with Crippen molar-refractivity contribution in [1.82, 2.24) is 0 Å². The molecule has 0 saturated carbocycles. The highest BCUT2D eigenvalue weighted by atomic mass is 79.9. The number of anilines is 1. The predicted molar refractivity (Wildman–Crippen MR) is 84.6 cm³/mol. The Kier molecular flexibility index (Phi) is 4.86. The van der Waals surface area contributed by atoms with Gasteiger partial charge >= 0.3 is 0 Å². The van der Waals surface area contributed by atoms with Gasteiger partial charge < -0.3 is 5.32 Å². The van der Waals surface area contributed by atoms with Crippen molar-refractivity contribution in [1.29, 1.82) is 0 Å². The van der Waals surface area contributed by atoms with Gasteiger partial charge in [0, 0.05) is 23.2 Å². The van der Waals surface area contributed by atoms with Crippen molar-refractivity contribution >= 4 is 50.5 Å². The first-order chi connectivity index (χ1) is 9.47.